The highest BCUT2D eigenvalue weighted by Crippen LogP contribution is 2.33. The van der Waals surface area contributed by atoms with Crippen LogP contribution in [0.3, 0.4) is 0 Å². The van der Waals surface area contributed by atoms with E-state index in [1.54, 1.807) is 41.7 Å². The van der Waals surface area contributed by atoms with Crippen molar-refractivity contribution in [1.29, 1.82) is 0 Å². The molecule has 0 aliphatic rings. The number of carbonyl (C=O) groups excluding carboxylic acids is 2. The molecule has 0 saturated heterocycles. The normalized spacial score (nSPS) is 11.0. The second-order valence-electron chi connectivity index (χ2n) is 6.51. The van der Waals surface area contributed by atoms with Crippen molar-refractivity contribution in [3.05, 3.63) is 71.1 Å². The van der Waals surface area contributed by atoms with Gasteiger partial charge < -0.3 is 30.9 Å². The van der Waals surface area contributed by atoms with Gasteiger partial charge in [-0.3, -0.25) is 9.36 Å². The molecule has 3 aromatic rings. The summed E-state index contributed by atoms with van der Waals surface area (Å²) in [4.78, 5) is 42.5. The van der Waals surface area contributed by atoms with E-state index in [9.17, 15) is 14.2 Å². The average molecular weight is 461 g/mol. The van der Waals surface area contributed by atoms with Crippen molar-refractivity contribution in [3.8, 4) is 10.4 Å². The van der Waals surface area contributed by atoms with Gasteiger partial charge in [0.25, 0.3) is 5.91 Å². The van der Waals surface area contributed by atoms with E-state index in [1.807, 2.05) is 29.6 Å². The summed E-state index contributed by atoms with van der Waals surface area (Å²) in [5.41, 5.74) is 8.97. The minimum atomic E-state index is -4.42. The Morgan fingerprint density at radius 3 is 2.48 bits per heavy atom. The van der Waals surface area contributed by atoms with Gasteiger partial charge in [0.15, 0.2) is 6.35 Å². The third-order valence-electron chi connectivity index (χ3n) is 4.12. The largest absolute Gasteiger partial charge is 0.437 e. The van der Waals surface area contributed by atoms with Crippen LogP contribution in [0.4, 0.5) is 16.2 Å². The van der Waals surface area contributed by atoms with Crippen molar-refractivity contribution in [2.45, 2.75) is 6.54 Å². The van der Waals surface area contributed by atoms with Crippen molar-refractivity contribution < 1.29 is 28.7 Å². The van der Waals surface area contributed by atoms with Gasteiger partial charge in [-0.1, -0.05) is 24.3 Å². The quantitative estimate of drug-likeness (QED) is 0.266. The molecule has 0 unspecified atom stereocenters. The van der Waals surface area contributed by atoms with E-state index >= 15 is 0 Å². The number of nitrogens with two attached hydrogens (primary N) is 1. The fraction of sp³-hybridized carbons (Fsp3) is 0.100. The summed E-state index contributed by atoms with van der Waals surface area (Å²) in [7, 11) is -4.42. The fourth-order valence-electron chi connectivity index (χ4n) is 2.60. The highest BCUT2D eigenvalue weighted by atomic mass is 32.1. The zero-order chi connectivity index (χ0) is 22.4. The minimum Gasteiger partial charge on any atom is -0.437 e. The Bertz CT molecular complexity index is 1110. The molecule has 1 heterocycles. The minimum absolute atomic E-state index is 0.0672. The van der Waals surface area contributed by atoms with Gasteiger partial charge in [-0.05, 0) is 46.8 Å². The molecule has 31 heavy (non-hydrogen) atoms. The Hall–Kier alpha value is -3.17. The van der Waals surface area contributed by atoms with E-state index in [-0.39, 0.29) is 12.5 Å². The first-order valence-corrected chi connectivity index (χ1v) is 11.7. The zero-order valence-electron chi connectivity index (χ0n) is 16.1. The standard InChI is InChI=1S/C20H20N3O6PS/c21-16-8-7-15(18-2-1-9-31-18)10-17(16)23-19(24)14-5-3-13(4-6-14)11-22-20(25)29-12-30(26,27)28/h1-10H,11-12,21H2,(H,22,25)(H,23,24)(H2,26,27,28). The number of nitrogen functional groups attached to an aromatic ring is 1. The van der Waals surface area contributed by atoms with Crippen molar-refractivity contribution >= 4 is 42.3 Å². The molecule has 6 N–H and O–H groups in total. The third kappa shape index (κ3) is 6.66. The number of nitrogens with one attached hydrogen (secondary N) is 2. The summed E-state index contributed by atoms with van der Waals surface area (Å²) >= 11 is 1.59. The van der Waals surface area contributed by atoms with Crippen molar-refractivity contribution in [2.75, 3.05) is 17.4 Å². The van der Waals surface area contributed by atoms with Crippen LogP contribution in [0.25, 0.3) is 10.4 Å². The molecule has 9 nitrogen and oxygen atoms in total. The van der Waals surface area contributed by atoms with Crippen LogP contribution in [0, 0.1) is 0 Å². The molecule has 162 valence electrons. The van der Waals surface area contributed by atoms with Crippen LogP contribution in [0.2, 0.25) is 0 Å². The van der Waals surface area contributed by atoms with Crippen LogP contribution >= 0.6 is 18.9 Å². The van der Waals surface area contributed by atoms with Gasteiger partial charge in [0, 0.05) is 17.0 Å². The first-order valence-electron chi connectivity index (χ1n) is 9.00. The number of hydrogen-bond acceptors (Lipinski definition) is 6. The molecule has 2 amide bonds. The molecular weight excluding hydrogens is 441 g/mol. The van der Waals surface area contributed by atoms with Crippen LogP contribution in [0.1, 0.15) is 15.9 Å². The highest BCUT2D eigenvalue weighted by molar-refractivity contribution is 7.51. The van der Waals surface area contributed by atoms with Gasteiger partial charge in [-0.2, -0.15) is 0 Å². The van der Waals surface area contributed by atoms with E-state index in [0.717, 1.165) is 10.4 Å². The van der Waals surface area contributed by atoms with E-state index in [0.29, 0.717) is 22.5 Å². The molecule has 2 aromatic carbocycles. The van der Waals surface area contributed by atoms with Crippen LogP contribution in [-0.4, -0.2) is 28.1 Å². The highest BCUT2D eigenvalue weighted by Gasteiger charge is 2.16. The number of hydrogen-bond donors (Lipinski definition) is 5. The molecule has 11 heteroatoms. The van der Waals surface area contributed by atoms with Crippen LogP contribution < -0.4 is 16.4 Å². The van der Waals surface area contributed by atoms with Gasteiger partial charge in [-0.25, -0.2) is 4.79 Å². The van der Waals surface area contributed by atoms with E-state index in [2.05, 4.69) is 15.4 Å². The predicted octanol–water partition coefficient (Wildman–Crippen LogP) is 3.61. The first kappa shape index (κ1) is 22.5. The number of thiophene rings is 1. The Morgan fingerprint density at radius 2 is 1.84 bits per heavy atom. The maximum atomic E-state index is 12.6. The number of alkyl carbamates (subject to hydrolysis) is 1. The van der Waals surface area contributed by atoms with Gasteiger partial charge in [0.1, 0.15) is 0 Å². The number of benzene rings is 2. The first-order chi connectivity index (χ1) is 14.7. The smallest absolute Gasteiger partial charge is 0.408 e. The zero-order valence-corrected chi connectivity index (χ0v) is 17.9. The topological polar surface area (TPSA) is 151 Å². The number of anilines is 2. The number of ether oxygens (including phenoxy) is 1. The average Bonchev–Trinajstić information content (AvgIpc) is 3.27. The summed E-state index contributed by atoms with van der Waals surface area (Å²) in [5.74, 6) is -0.337. The molecule has 3 rings (SSSR count). The molecule has 0 radical (unpaired) electrons. The summed E-state index contributed by atoms with van der Waals surface area (Å²) in [5, 5.41) is 7.14. The van der Waals surface area contributed by atoms with Gasteiger partial charge in [0.2, 0.25) is 0 Å². The maximum absolute atomic E-state index is 12.6. The van der Waals surface area contributed by atoms with E-state index < -0.39 is 20.0 Å². The van der Waals surface area contributed by atoms with Crippen molar-refractivity contribution in [1.82, 2.24) is 5.32 Å². The van der Waals surface area contributed by atoms with Gasteiger partial charge in [-0.15, -0.1) is 11.3 Å². The molecule has 0 saturated carbocycles. The lowest BCUT2D eigenvalue weighted by Crippen LogP contribution is -2.24. The molecular formula is C20H20N3O6PS. The molecule has 0 atom stereocenters. The summed E-state index contributed by atoms with van der Waals surface area (Å²) in [6.45, 7) is 0.0672. The van der Waals surface area contributed by atoms with E-state index in [1.165, 1.54) is 0 Å². The molecule has 0 aliphatic carbocycles. The molecule has 0 fully saturated rings. The molecule has 0 bridgehead atoms. The van der Waals surface area contributed by atoms with Gasteiger partial charge in [0.05, 0.1) is 11.4 Å². The molecule has 0 spiro atoms. The Morgan fingerprint density at radius 1 is 1.10 bits per heavy atom. The lowest BCUT2D eigenvalue weighted by molar-refractivity contribution is 0.102. The van der Waals surface area contributed by atoms with Crippen molar-refractivity contribution in [3.63, 3.8) is 0 Å². The van der Waals surface area contributed by atoms with E-state index in [4.69, 9.17) is 15.5 Å². The SMILES string of the molecule is Nc1ccc(-c2cccs2)cc1NC(=O)c1ccc(CNC(=O)OCP(=O)(O)O)cc1. The summed E-state index contributed by atoms with van der Waals surface area (Å²) in [6.07, 6.45) is -1.94. The van der Waals surface area contributed by atoms with Gasteiger partial charge >= 0.3 is 13.7 Å². The Balaban J connectivity index is 1.59. The maximum Gasteiger partial charge on any atom is 0.408 e. The predicted molar refractivity (Wildman–Crippen MR) is 119 cm³/mol. The number of amides is 2. The van der Waals surface area contributed by atoms with Crippen LogP contribution in [0.15, 0.2) is 60.0 Å². The van der Waals surface area contributed by atoms with Crippen molar-refractivity contribution in [2.24, 2.45) is 0 Å². The summed E-state index contributed by atoms with van der Waals surface area (Å²) < 4.78 is 15.1. The number of carbonyl (C=O) groups is 2. The Labute approximate surface area is 182 Å². The van der Waals surface area contributed by atoms with Crippen LogP contribution in [0.5, 0.6) is 0 Å². The summed E-state index contributed by atoms with van der Waals surface area (Å²) in [6, 6.07) is 15.8. The number of rotatable bonds is 7. The lowest BCUT2D eigenvalue weighted by atomic mass is 10.1. The third-order valence-corrected chi connectivity index (χ3v) is 5.51. The monoisotopic (exact) mass is 461 g/mol. The second kappa shape index (κ2) is 9.76. The fourth-order valence-corrected chi connectivity index (χ4v) is 3.61. The second-order valence-corrected chi connectivity index (χ2v) is 9.04. The van der Waals surface area contributed by atoms with Crippen LogP contribution in [-0.2, 0) is 15.8 Å². The molecule has 0 aliphatic heterocycles. The molecule has 1 aromatic heterocycles. The lowest BCUT2D eigenvalue weighted by Gasteiger charge is -2.11. The Kier molecular flexibility index (Phi) is 7.09.